The van der Waals surface area contributed by atoms with E-state index in [1.54, 1.807) is 18.2 Å². The average molecular weight is 248 g/mol. The van der Waals surface area contributed by atoms with Gasteiger partial charge in [0.1, 0.15) is 0 Å². The van der Waals surface area contributed by atoms with E-state index in [2.05, 4.69) is 0 Å². The SMILES string of the molecule is O=C(C(=O)c1ccccc1)C1=CC=CC(F)(F)C1. The predicted molar refractivity (Wildman–Crippen MR) is 62.6 cm³/mol. The molecule has 0 unspecified atom stereocenters. The maximum Gasteiger partial charge on any atom is 0.270 e. The molecule has 0 bridgehead atoms. The Morgan fingerprint density at radius 1 is 1.06 bits per heavy atom. The fourth-order valence-electron chi connectivity index (χ4n) is 1.70. The van der Waals surface area contributed by atoms with Gasteiger partial charge in [0.25, 0.3) is 5.92 Å². The number of rotatable bonds is 3. The third-order valence-electron chi connectivity index (χ3n) is 2.60. The van der Waals surface area contributed by atoms with Crippen LogP contribution in [0.5, 0.6) is 0 Å². The van der Waals surface area contributed by atoms with Crippen LogP contribution in [0, 0.1) is 0 Å². The molecule has 0 spiro atoms. The van der Waals surface area contributed by atoms with Crippen molar-refractivity contribution in [3.63, 3.8) is 0 Å². The maximum absolute atomic E-state index is 13.1. The minimum absolute atomic E-state index is 0.156. The minimum atomic E-state index is -3.06. The number of carbonyl (C=O) groups is 2. The number of hydrogen-bond donors (Lipinski definition) is 0. The summed E-state index contributed by atoms with van der Waals surface area (Å²) < 4.78 is 26.2. The van der Waals surface area contributed by atoms with Crippen molar-refractivity contribution in [2.24, 2.45) is 0 Å². The first-order valence-corrected chi connectivity index (χ1v) is 5.40. The topological polar surface area (TPSA) is 34.1 Å². The van der Waals surface area contributed by atoms with Gasteiger partial charge in [0.15, 0.2) is 0 Å². The van der Waals surface area contributed by atoms with Gasteiger partial charge in [-0.05, 0) is 6.08 Å². The molecule has 0 aromatic heterocycles. The normalized spacial score (nSPS) is 17.1. The molecule has 0 saturated carbocycles. The molecule has 18 heavy (non-hydrogen) atoms. The molecule has 1 aliphatic carbocycles. The quantitative estimate of drug-likeness (QED) is 0.608. The Morgan fingerprint density at radius 2 is 1.72 bits per heavy atom. The molecule has 0 heterocycles. The molecule has 2 nitrogen and oxygen atoms in total. The largest absolute Gasteiger partial charge is 0.285 e. The van der Waals surface area contributed by atoms with Crippen molar-refractivity contribution >= 4 is 11.6 Å². The van der Waals surface area contributed by atoms with E-state index in [-0.39, 0.29) is 11.1 Å². The highest BCUT2D eigenvalue weighted by Crippen LogP contribution is 2.29. The van der Waals surface area contributed by atoms with E-state index >= 15 is 0 Å². The standard InChI is InChI=1S/C14H10F2O2/c15-14(16)8-4-7-11(9-14)13(18)12(17)10-5-2-1-3-6-10/h1-8H,9H2. The number of ketones is 2. The molecule has 0 aliphatic heterocycles. The Kier molecular flexibility index (Phi) is 3.19. The number of carbonyl (C=O) groups excluding carboxylic acids is 2. The van der Waals surface area contributed by atoms with Gasteiger partial charge in [-0.3, -0.25) is 9.59 Å². The van der Waals surface area contributed by atoms with E-state index in [1.807, 2.05) is 0 Å². The van der Waals surface area contributed by atoms with E-state index in [0.29, 0.717) is 0 Å². The highest BCUT2D eigenvalue weighted by Gasteiger charge is 2.33. The summed E-state index contributed by atoms with van der Waals surface area (Å²) in [4.78, 5) is 23.6. The lowest BCUT2D eigenvalue weighted by molar-refractivity contribution is -0.112. The van der Waals surface area contributed by atoms with Gasteiger partial charge in [-0.25, -0.2) is 8.78 Å². The van der Waals surface area contributed by atoms with Crippen molar-refractivity contribution in [1.29, 1.82) is 0 Å². The molecule has 0 amide bonds. The van der Waals surface area contributed by atoms with Crippen LogP contribution in [0.15, 0.2) is 54.1 Å². The monoisotopic (exact) mass is 248 g/mol. The van der Waals surface area contributed by atoms with Crippen LogP contribution in [-0.2, 0) is 4.79 Å². The average Bonchev–Trinajstić information content (AvgIpc) is 2.37. The number of halogens is 2. The Balaban J connectivity index is 2.21. The Hall–Kier alpha value is -2.10. The molecule has 0 atom stereocenters. The molecule has 1 aliphatic rings. The van der Waals surface area contributed by atoms with E-state index in [0.717, 1.165) is 12.2 Å². The summed E-state index contributed by atoms with van der Waals surface area (Å²) in [5.41, 5.74) is 0.0534. The number of alkyl halides is 2. The summed E-state index contributed by atoms with van der Waals surface area (Å²) in [7, 11) is 0. The maximum atomic E-state index is 13.1. The van der Waals surface area contributed by atoms with Gasteiger partial charge in [0, 0.05) is 17.6 Å². The molecular formula is C14H10F2O2. The molecule has 4 heteroatoms. The van der Waals surface area contributed by atoms with Gasteiger partial charge < -0.3 is 0 Å². The Labute approximate surface area is 103 Å². The Morgan fingerprint density at radius 3 is 2.33 bits per heavy atom. The summed E-state index contributed by atoms with van der Waals surface area (Å²) in [5, 5.41) is 0. The van der Waals surface area contributed by atoms with Gasteiger partial charge in [-0.2, -0.15) is 0 Å². The van der Waals surface area contributed by atoms with E-state index in [9.17, 15) is 18.4 Å². The van der Waals surface area contributed by atoms with Crippen LogP contribution in [-0.4, -0.2) is 17.5 Å². The van der Waals surface area contributed by atoms with E-state index in [1.165, 1.54) is 18.2 Å². The van der Waals surface area contributed by atoms with Crippen LogP contribution < -0.4 is 0 Å². The molecule has 2 rings (SSSR count). The summed E-state index contributed by atoms with van der Waals surface area (Å²) >= 11 is 0. The molecular weight excluding hydrogens is 238 g/mol. The van der Waals surface area contributed by atoms with E-state index in [4.69, 9.17) is 0 Å². The predicted octanol–water partition coefficient (Wildman–Crippen LogP) is 2.96. The number of hydrogen-bond acceptors (Lipinski definition) is 2. The lowest BCUT2D eigenvalue weighted by Crippen LogP contribution is -2.24. The van der Waals surface area contributed by atoms with Crippen molar-refractivity contribution in [3.05, 3.63) is 59.7 Å². The zero-order valence-electron chi connectivity index (χ0n) is 9.40. The summed E-state index contributed by atoms with van der Waals surface area (Å²) in [5.74, 6) is -4.69. The van der Waals surface area contributed by atoms with Gasteiger partial charge in [0.05, 0.1) is 0 Å². The zero-order chi connectivity index (χ0) is 13.2. The molecule has 0 radical (unpaired) electrons. The second-order valence-electron chi connectivity index (χ2n) is 4.01. The first-order chi connectivity index (χ1) is 8.49. The fraction of sp³-hybridized carbons (Fsp3) is 0.143. The van der Waals surface area contributed by atoms with Gasteiger partial charge in [-0.1, -0.05) is 42.5 Å². The van der Waals surface area contributed by atoms with Crippen LogP contribution >= 0.6 is 0 Å². The second-order valence-corrected chi connectivity index (χ2v) is 4.01. The smallest absolute Gasteiger partial charge is 0.270 e. The van der Waals surface area contributed by atoms with Crippen molar-refractivity contribution in [3.8, 4) is 0 Å². The number of allylic oxidation sites excluding steroid dienone is 4. The number of benzene rings is 1. The van der Waals surface area contributed by atoms with Crippen LogP contribution in [0.4, 0.5) is 8.78 Å². The van der Waals surface area contributed by atoms with Crippen molar-refractivity contribution < 1.29 is 18.4 Å². The van der Waals surface area contributed by atoms with Crippen molar-refractivity contribution in [1.82, 2.24) is 0 Å². The highest BCUT2D eigenvalue weighted by molar-refractivity contribution is 6.49. The number of Topliss-reactive ketones (excluding diaryl/α,β-unsaturated/α-hetero) is 2. The van der Waals surface area contributed by atoms with E-state index < -0.39 is 23.9 Å². The summed E-state index contributed by atoms with van der Waals surface area (Å²) in [6, 6.07) is 7.90. The minimum Gasteiger partial charge on any atom is -0.285 e. The highest BCUT2D eigenvalue weighted by atomic mass is 19.3. The van der Waals surface area contributed by atoms with Gasteiger partial charge in [-0.15, -0.1) is 0 Å². The van der Waals surface area contributed by atoms with Crippen LogP contribution in [0.2, 0.25) is 0 Å². The molecule has 1 aromatic carbocycles. The lowest BCUT2D eigenvalue weighted by Gasteiger charge is -2.16. The molecule has 0 fully saturated rings. The molecule has 92 valence electrons. The summed E-state index contributed by atoms with van der Waals surface area (Å²) in [6.07, 6.45) is 2.37. The van der Waals surface area contributed by atoms with Crippen LogP contribution in [0.1, 0.15) is 16.8 Å². The lowest BCUT2D eigenvalue weighted by atomic mass is 9.94. The van der Waals surface area contributed by atoms with Crippen molar-refractivity contribution in [2.45, 2.75) is 12.3 Å². The van der Waals surface area contributed by atoms with Crippen molar-refractivity contribution in [2.75, 3.05) is 0 Å². The third-order valence-corrected chi connectivity index (χ3v) is 2.60. The van der Waals surface area contributed by atoms with Gasteiger partial charge >= 0.3 is 0 Å². The van der Waals surface area contributed by atoms with Gasteiger partial charge in [0.2, 0.25) is 11.6 Å². The second kappa shape index (κ2) is 4.64. The molecule has 1 aromatic rings. The zero-order valence-corrected chi connectivity index (χ0v) is 9.40. The third kappa shape index (κ3) is 2.59. The van der Waals surface area contributed by atoms with Crippen LogP contribution in [0.25, 0.3) is 0 Å². The first-order valence-electron chi connectivity index (χ1n) is 5.40. The molecule has 0 N–H and O–H groups in total. The molecule has 0 saturated heterocycles. The fourth-order valence-corrected chi connectivity index (χ4v) is 1.70. The Bertz CT molecular complexity index is 542. The van der Waals surface area contributed by atoms with Crippen LogP contribution in [0.3, 0.4) is 0 Å². The summed E-state index contributed by atoms with van der Waals surface area (Å²) in [6.45, 7) is 0. The first kappa shape index (κ1) is 12.4.